The molecule has 4 nitrogen and oxygen atoms in total. The summed E-state index contributed by atoms with van der Waals surface area (Å²) in [5, 5.41) is 3.32. The van der Waals surface area contributed by atoms with Gasteiger partial charge < -0.3 is 15.0 Å². The molecule has 1 amide bonds. The third-order valence-corrected chi connectivity index (χ3v) is 3.82. The Morgan fingerprint density at radius 3 is 2.70 bits per heavy atom. The van der Waals surface area contributed by atoms with E-state index in [9.17, 15) is 9.18 Å². The Labute approximate surface area is 123 Å². The van der Waals surface area contributed by atoms with Crippen LogP contribution in [0.1, 0.15) is 12.8 Å². The van der Waals surface area contributed by atoms with Crippen LogP contribution in [0.2, 0.25) is 0 Å². The van der Waals surface area contributed by atoms with Gasteiger partial charge in [-0.15, -0.1) is 12.4 Å². The standard InChI is InChI=1S/C14H17FN2O2.ClH/c15-11-2-4-12(5-3-11)17-10-14(19-8-13(17)18)6-1-7-16-9-14;/h2-5,16H,1,6-10H2;1H. The van der Waals surface area contributed by atoms with E-state index in [1.807, 2.05) is 0 Å². The second-order valence-corrected chi connectivity index (χ2v) is 5.21. The molecular weight excluding hydrogens is 283 g/mol. The Hall–Kier alpha value is -1.17. The first-order chi connectivity index (χ1) is 9.19. The first kappa shape index (κ1) is 15.2. The van der Waals surface area contributed by atoms with Crippen molar-refractivity contribution >= 4 is 24.0 Å². The van der Waals surface area contributed by atoms with Crippen LogP contribution >= 0.6 is 12.4 Å². The van der Waals surface area contributed by atoms with Crippen molar-refractivity contribution in [1.82, 2.24) is 5.32 Å². The number of amides is 1. The molecule has 3 rings (SSSR count). The zero-order valence-electron chi connectivity index (χ0n) is 11.1. The number of rotatable bonds is 1. The van der Waals surface area contributed by atoms with Gasteiger partial charge in [-0.3, -0.25) is 4.79 Å². The average Bonchev–Trinajstić information content (AvgIpc) is 2.44. The van der Waals surface area contributed by atoms with E-state index in [2.05, 4.69) is 5.32 Å². The molecule has 2 aliphatic rings. The number of halogens is 2. The molecule has 1 aromatic rings. The van der Waals surface area contributed by atoms with Crippen LogP contribution in [0, 0.1) is 5.82 Å². The van der Waals surface area contributed by atoms with Crippen LogP contribution in [0.3, 0.4) is 0 Å². The van der Waals surface area contributed by atoms with Crippen molar-refractivity contribution in [3.05, 3.63) is 30.1 Å². The van der Waals surface area contributed by atoms with E-state index >= 15 is 0 Å². The van der Waals surface area contributed by atoms with Crippen LogP contribution in [0.4, 0.5) is 10.1 Å². The molecule has 0 aromatic heterocycles. The number of hydrogen-bond donors (Lipinski definition) is 1. The minimum absolute atomic E-state index is 0. The van der Waals surface area contributed by atoms with Crippen LogP contribution in [-0.4, -0.2) is 37.7 Å². The van der Waals surface area contributed by atoms with Gasteiger partial charge in [0.2, 0.25) is 0 Å². The van der Waals surface area contributed by atoms with E-state index < -0.39 is 0 Å². The fourth-order valence-corrected chi connectivity index (χ4v) is 2.77. The lowest BCUT2D eigenvalue weighted by Crippen LogP contribution is -2.60. The summed E-state index contributed by atoms with van der Waals surface area (Å²) in [4.78, 5) is 13.7. The second kappa shape index (κ2) is 6.08. The highest BCUT2D eigenvalue weighted by Crippen LogP contribution is 2.29. The molecule has 20 heavy (non-hydrogen) atoms. The SMILES string of the molecule is Cl.O=C1COC2(CCCNC2)CN1c1ccc(F)cc1. The molecule has 0 radical (unpaired) electrons. The summed E-state index contributed by atoms with van der Waals surface area (Å²) >= 11 is 0. The summed E-state index contributed by atoms with van der Waals surface area (Å²) < 4.78 is 18.7. The van der Waals surface area contributed by atoms with Crippen molar-refractivity contribution < 1.29 is 13.9 Å². The second-order valence-electron chi connectivity index (χ2n) is 5.21. The van der Waals surface area contributed by atoms with Crippen molar-refractivity contribution in [3.63, 3.8) is 0 Å². The third kappa shape index (κ3) is 2.95. The maximum absolute atomic E-state index is 13.0. The van der Waals surface area contributed by atoms with E-state index in [0.29, 0.717) is 6.54 Å². The van der Waals surface area contributed by atoms with Gasteiger partial charge in [0, 0.05) is 12.2 Å². The largest absolute Gasteiger partial charge is 0.362 e. The Bertz CT molecular complexity index is 475. The van der Waals surface area contributed by atoms with Gasteiger partial charge in [0.1, 0.15) is 12.4 Å². The molecule has 1 atom stereocenters. The molecule has 2 saturated heterocycles. The number of piperidine rings is 1. The highest BCUT2D eigenvalue weighted by molar-refractivity contribution is 5.95. The maximum Gasteiger partial charge on any atom is 0.253 e. The Morgan fingerprint density at radius 2 is 2.05 bits per heavy atom. The lowest BCUT2D eigenvalue weighted by atomic mass is 9.91. The highest BCUT2D eigenvalue weighted by Gasteiger charge is 2.41. The zero-order chi connectivity index (χ0) is 13.3. The van der Waals surface area contributed by atoms with E-state index in [4.69, 9.17) is 4.74 Å². The molecular formula is C14H18ClFN2O2. The van der Waals surface area contributed by atoms with Crippen LogP contribution in [0.25, 0.3) is 0 Å². The number of benzene rings is 1. The number of anilines is 1. The summed E-state index contributed by atoms with van der Waals surface area (Å²) in [6.45, 7) is 2.39. The van der Waals surface area contributed by atoms with Gasteiger partial charge in [0.05, 0.1) is 12.1 Å². The van der Waals surface area contributed by atoms with Gasteiger partial charge in [-0.2, -0.15) is 0 Å². The molecule has 0 aliphatic carbocycles. The topological polar surface area (TPSA) is 41.6 Å². The predicted octanol–water partition coefficient (Wildman–Crippen LogP) is 1.73. The minimum Gasteiger partial charge on any atom is -0.362 e. The molecule has 2 heterocycles. The van der Waals surface area contributed by atoms with Crippen molar-refractivity contribution in [1.29, 1.82) is 0 Å². The molecule has 0 bridgehead atoms. The maximum atomic E-state index is 13.0. The number of ether oxygens (including phenoxy) is 1. The number of morpholine rings is 1. The normalized spacial score (nSPS) is 26.4. The molecule has 1 N–H and O–H groups in total. The van der Waals surface area contributed by atoms with Crippen LogP contribution < -0.4 is 10.2 Å². The number of carbonyl (C=O) groups is 1. The smallest absolute Gasteiger partial charge is 0.253 e. The highest BCUT2D eigenvalue weighted by atomic mass is 35.5. The van der Waals surface area contributed by atoms with Crippen LogP contribution in [-0.2, 0) is 9.53 Å². The summed E-state index contributed by atoms with van der Waals surface area (Å²) in [5.74, 6) is -0.360. The van der Waals surface area contributed by atoms with Gasteiger partial charge in [-0.1, -0.05) is 0 Å². The van der Waals surface area contributed by atoms with Gasteiger partial charge in [0.25, 0.3) is 5.91 Å². The summed E-state index contributed by atoms with van der Waals surface area (Å²) in [6, 6.07) is 6.04. The quantitative estimate of drug-likeness (QED) is 0.859. The van der Waals surface area contributed by atoms with E-state index in [1.165, 1.54) is 12.1 Å². The lowest BCUT2D eigenvalue weighted by Gasteiger charge is -2.44. The Balaban J connectivity index is 0.00000147. The number of hydrogen-bond acceptors (Lipinski definition) is 3. The van der Waals surface area contributed by atoms with Gasteiger partial charge in [-0.25, -0.2) is 4.39 Å². The van der Waals surface area contributed by atoms with Crippen LogP contribution in [0.15, 0.2) is 24.3 Å². The van der Waals surface area contributed by atoms with Crippen molar-refractivity contribution in [3.8, 4) is 0 Å². The minimum atomic E-state index is -0.293. The summed E-state index contributed by atoms with van der Waals surface area (Å²) in [7, 11) is 0. The third-order valence-electron chi connectivity index (χ3n) is 3.82. The molecule has 1 unspecified atom stereocenters. The molecule has 0 saturated carbocycles. The fourth-order valence-electron chi connectivity index (χ4n) is 2.77. The van der Waals surface area contributed by atoms with E-state index in [0.717, 1.165) is 31.6 Å². The Kier molecular flexibility index (Phi) is 4.62. The monoisotopic (exact) mass is 300 g/mol. The van der Waals surface area contributed by atoms with E-state index in [-0.39, 0.29) is 36.3 Å². The first-order valence-electron chi connectivity index (χ1n) is 6.59. The average molecular weight is 301 g/mol. The van der Waals surface area contributed by atoms with Gasteiger partial charge in [0.15, 0.2) is 0 Å². The predicted molar refractivity (Wildman–Crippen MR) is 76.8 cm³/mol. The summed E-state index contributed by atoms with van der Waals surface area (Å²) in [6.07, 6.45) is 2.00. The fraction of sp³-hybridized carbons (Fsp3) is 0.500. The number of nitrogens with one attached hydrogen (secondary N) is 1. The number of carbonyl (C=O) groups excluding carboxylic acids is 1. The van der Waals surface area contributed by atoms with Gasteiger partial charge in [-0.05, 0) is 43.7 Å². The molecule has 6 heteroatoms. The molecule has 2 fully saturated rings. The molecule has 2 aliphatic heterocycles. The van der Waals surface area contributed by atoms with Crippen molar-refractivity contribution in [2.24, 2.45) is 0 Å². The van der Waals surface area contributed by atoms with Gasteiger partial charge >= 0.3 is 0 Å². The summed E-state index contributed by atoms with van der Waals surface area (Å²) in [5.41, 5.74) is 0.445. The Morgan fingerprint density at radius 1 is 1.30 bits per heavy atom. The lowest BCUT2D eigenvalue weighted by molar-refractivity contribution is -0.140. The van der Waals surface area contributed by atoms with Crippen molar-refractivity contribution in [2.45, 2.75) is 18.4 Å². The number of nitrogens with zero attached hydrogens (tertiary/aromatic N) is 1. The molecule has 1 aromatic carbocycles. The van der Waals surface area contributed by atoms with Crippen molar-refractivity contribution in [2.75, 3.05) is 31.1 Å². The zero-order valence-corrected chi connectivity index (χ0v) is 11.9. The molecule has 110 valence electrons. The van der Waals surface area contributed by atoms with Crippen LogP contribution in [0.5, 0.6) is 0 Å². The first-order valence-corrected chi connectivity index (χ1v) is 6.59. The molecule has 1 spiro atoms. The van der Waals surface area contributed by atoms with E-state index in [1.54, 1.807) is 17.0 Å².